The van der Waals surface area contributed by atoms with Gasteiger partial charge in [0.1, 0.15) is 25.1 Å². The van der Waals surface area contributed by atoms with Crippen LogP contribution in [0.1, 0.15) is 9.67 Å². The molecule has 206 valence electrons. The first kappa shape index (κ1) is 29.7. The van der Waals surface area contributed by atoms with Gasteiger partial charge in [0, 0.05) is 18.8 Å². The second-order valence-electron chi connectivity index (χ2n) is 8.10. The van der Waals surface area contributed by atoms with Crippen LogP contribution in [0.3, 0.4) is 0 Å². The fourth-order valence-corrected chi connectivity index (χ4v) is 4.86. The van der Waals surface area contributed by atoms with Crippen molar-refractivity contribution in [3.05, 3.63) is 45.4 Å². The summed E-state index contributed by atoms with van der Waals surface area (Å²) in [5.74, 6) is -2.31. The van der Waals surface area contributed by atoms with E-state index in [1.54, 1.807) is 0 Å². The van der Waals surface area contributed by atoms with Gasteiger partial charge in [-0.1, -0.05) is 11.6 Å². The minimum absolute atomic E-state index is 0. The molecule has 3 heterocycles. The zero-order valence-corrected chi connectivity index (χ0v) is 22.4. The number of morpholine rings is 1. The number of ether oxygens (including phenoxy) is 3. The van der Waals surface area contributed by atoms with Gasteiger partial charge in [0.05, 0.1) is 41.2 Å². The van der Waals surface area contributed by atoms with Crippen molar-refractivity contribution in [2.24, 2.45) is 5.73 Å². The fraction of sp³-hybridized carbons (Fsp3) is 0.391. The molecule has 2 aromatic rings. The predicted octanol–water partition coefficient (Wildman–Crippen LogP) is 2.30. The van der Waals surface area contributed by atoms with Crippen molar-refractivity contribution in [2.75, 3.05) is 62.4 Å². The molecule has 1 atom stereocenters. The molecule has 0 saturated carbocycles. The molecule has 0 spiro atoms. The number of benzene rings is 1. The maximum Gasteiger partial charge on any atom is 0.414 e. The van der Waals surface area contributed by atoms with E-state index in [4.69, 9.17) is 31.5 Å². The molecule has 4 rings (SSSR count). The first-order valence-corrected chi connectivity index (χ1v) is 12.5. The van der Waals surface area contributed by atoms with Crippen LogP contribution >= 0.6 is 35.3 Å². The van der Waals surface area contributed by atoms with Crippen LogP contribution in [-0.4, -0.2) is 87.4 Å². The highest BCUT2D eigenvalue weighted by Gasteiger charge is 2.38. The SMILES string of the molecule is Cl.NCCOCC(=O)N(C[C@H]1CN(c2ccc(N3CCOCC3=O)cc2F)C(=O)O1)C(=O)c1ccc(Cl)s1. The van der Waals surface area contributed by atoms with Crippen molar-refractivity contribution in [1.82, 2.24) is 4.90 Å². The number of carbonyl (C=O) groups is 4. The van der Waals surface area contributed by atoms with Gasteiger partial charge in [-0.3, -0.25) is 24.2 Å². The molecule has 11 nitrogen and oxygen atoms in total. The summed E-state index contributed by atoms with van der Waals surface area (Å²) in [7, 11) is 0. The summed E-state index contributed by atoms with van der Waals surface area (Å²) in [6.07, 6.45) is -1.76. The summed E-state index contributed by atoms with van der Waals surface area (Å²) < 4.78 is 31.0. The molecular weight excluding hydrogens is 566 g/mol. The Morgan fingerprint density at radius 2 is 2.03 bits per heavy atom. The monoisotopic (exact) mass is 590 g/mol. The number of nitrogens with two attached hydrogens (primary N) is 1. The molecule has 2 saturated heterocycles. The average Bonchev–Trinajstić information content (AvgIpc) is 3.47. The molecule has 1 aromatic carbocycles. The summed E-state index contributed by atoms with van der Waals surface area (Å²) in [5, 5.41) is 0. The average molecular weight is 591 g/mol. The molecule has 0 unspecified atom stereocenters. The number of cyclic esters (lactones) is 1. The standard InChI is InChI=1S/C23H24ClFN4O7S.ClH/c24-19-4-3-18(37-19)22(32)29(21(31)13-34-7-5-26)11-15-10-28(23(33)36-15)17-2-1-14(9-16(17)25)27-6-8-35-12-20(27)30;/h1-4,9,15H,5-8,10-13,26H2;1H/t15-;/m1./s1. The number of hydrogen-bond acceptors (Lipinski definition) is 9. The van der Waals surface area contributed by atoms with Crippen molar-refractivity contribution in [1.29, 1.82) is 0 Å². The number of thiophene rings is 1. The lowest BCUT2D eigenvalue weighted by atomic mass is 10.2. The lowest BCUT2D eigenvalue weighted by Crippen LogP contribution is -2.44. The molecule has 4 amide bonds. The van der Waals surface area contributed by atoms with Gasteiger partial charge in [-0.05, 0) is 30.3 Å². The number of carbonyl (C=O) groups excluding carboxylic acids is 4. The van der Waals surface area contributed by atoms with Gasteiger partial charge in [0.2, 0.25) is 0 Å². The summed E-state index contributed by atoms with van der Waals surface area (Å²) >= 11 is 6.93. The minimum Gasteiger partial charge on any atom is -0.442 e. The van der Waals surface area contributed by atoms with Gasteiger partial charge in [0.15, 0.2) is 0 Å². The lowest BCUT2D eigenvalue weighted by molar-refractivity contribution is -0.134. The van der Waals surface area contributed by atoms with E-state index in [-0.39, 0.29) is 68.3 Å². The molecule has 0 radical (unpaired) electrons. The molecule has 2 N–H and O–H groups in total. The third-order valence-corrected chi connectivity index (χ3v) is 6.82. The van der Waals surface area contributed by atoms with Gasteiger partial charge >= 0.3 is 6.09 Å². The third-order valence-electron chi connectivity index (χ3n) is 5.60. The first-order chi connectivity index (χ1) is 17.8. The van der Waals surface area contributed by atoms with Gasteiger partial charge in [-0.25, -0.2) is 9.18 Å². The van der Waals surface area contributed by atoms with Gasteiger partial charge in [-0.15, -0.1) is 23.7 Å². The van der Waals surface area contributed by atoms with Gasteiger partial charge < -0.3 is 24.8 Å². The molecule has 0 bridgehead atoms. The van der Waals surface area contributed by atoms with Crippen molar-refractivity contribution in [3.8, 4) is 0 Å². The molecule has 2 aliphatic heterocycles. The lowest BCUT2D eigenvalue weighted by Gasteiger charge is -2.27. The zero-order chi connectivity index (χ0) is 26.5. The van der Waals surface area contributed by atoms with Crippen LogP contribution in [0.15, 0.2) is 30.3 Å². The van der Waals surface area contributed by atoms with Crippen molar-refractivity contribution >= 4 is 70.5 Å². The van der Waals surface area contributed by atoms with Crippen molar-refractivity contribution in [3.63, 3.8) is 0 Å². The normalized spacial score (nSPS) is 17.3. The Bertz CT molecular complexity index is 1200. The minimum atomic E-state index is -0.926. The Kier molecular flexibility index (Phi) is 10.4. The Morgan fingerprint density at radius 3 is 2.68 bits per heavy atom. The molecule has 2 fully saturated rings. The highest BCUT2D eigenvalue weighted by molar-refractivity contribution is 7.18. The topological polar surface area (TPSA) is 132 Å². The molecule has 0 aliphatic carbocycles. The number of anilines is 2. The number of halogens is 3. The van der Waals surface area contributed by atoms with Crippen LogP contribution < -0.4 is 15.5 Å². The molecular formula is C23H25Cl2FN4O7S. The van der Waals surface area contributed by atoms with Crippen LogP contribution in [0.5, 0.6) is 0 Å². The second-order valence-corrected chi connectivity index (χ2v) is 9.82. The van der Waals surface area contributed by atoms with E-state index in [9.17, 15) is 19.2 Å². The van der Waals surface area contributed by atoms with Crippen molar-refractivity contribution in [2.45, 2.75) is 6.10 Å². The van der Waals surface area contributed by atoms with E-state index >= 15 is 4.39 Å². The Labute approximate surface area is 232 Å². The van der Waals surface area contributed by atoms with E-state index in [1.165, 1.54) is 29.2 Å². The van der Waals surface area contributed by atoms with E-state index in [0.29, 0.717) is 16.6 Å². The molecule has 1 aromatic heterocycles. The number of imide groups is 1. The molecule has 38 heavy (non-hydrogen) atoms. The van der Waals surface area contributed by atoms with E-state index in [1.807, 2.05) is 0 Å². The predicted molar refractivity (Wildman–Crippen MR) is 140 cm³/mol. The van der Waals surface area contributed by atoms with Gasteiger partial charge in [-0.2, -0.15) is 0 Å². The fourth-order valence-electron chi connectivity index (χ4n) is 3.87. The Balaban J connectivity index is 0.00000400. The smallest absolute Gasteiger partial charge is 0.414 e. The van der Waals surface area contributed by atoms with Gasteiger partial charge in [0.25, 0.3) is 17.7 Å². The third kappa shape index (κ3) is 6.79. The van der Waals surface area contributed by atoms with Crippen LogP contribution in [-0.2, 0) is 23.8 Å². The highest BCUT2D eigenvalue weighted by Crippen LogP contribution is 2.30. The van der Waals surface area contributed by atoms with E-state index in [0.717, 1.165) is 27.2 Å². The van der Waals surface area contributed by atoms with Crippen molar-refractivity contribution < 1.29 is 37.8 Å². The number of hydrogen-bond donors (Lipinski definition) is 1. The van der Waals surface area contributed by atoms with Crippen LogP contribution in [0, 0.1) is 5.82 Å². The maximum atomic E-state index is 15.0. The quantitative estimate of drug-likeness (QED) is 0.440. The molecule has 2 aliphatic rings. The maximum absolute atomic E-state index is 15.0. The van der Waals surface area contributed by atoms with E-state index in [2.05, 4.69) is 0 Å². The van der Waals surface area contributed by atoms with Crippen LogP contribution in [0.4, 0.5) is 20.6 Å². The number of amides is 4. The summed E-state index contributed by atoms with van der Waals surface area (Å²) in [6, 6.07) is 7.07. The Morgan fingerprint density at radius 1 is 1.24 bits per heavy atom. The summed E-state index contributed by atoms with van der Waals surface area (Å²) in [6.45, 7) is 0.0546. The molecule has 15 heteroatoms. The summed E-state index contributed by atoms with van der Waals surface area (Å²) in [5.41, 5.74) is 5.67. The highest BCUT2D eigenvalue weighted by atomic mass is 35.5. The first-order valence-electron chi connectivity index (χ1n) is 11.3. The zero-order valence-electron chi connectivity index (χ0n) is 20.0. The van der Waals surface area contributed by atoms with Crippen LogP contribution in [0.2, 0.25) is 4.34 Å². The number of nitrogens with zero attached hydrogens (tertiary/aromatic N) is 3. The number of rotatable bonds is 9. The Hall–Kier alpha value is -2.81. The largest absolute Gasteiger partial charge is 0.442 e. The second kappa shape index (κ2) is 13.3. The van der Waals surface area contributed by atoms with E-state index < -0.39 is 36.4 Å². The summed E-state index contributed by atoms with van der Waals surface area (Å²) in [4.78, 5) is 54.1. The van der Waals surface area contributed by atoms with Crippen LogP contribution in [0.25, 0.3) is 0 Å².